The van der Waals surface area contributed by atoms with Crippen LogP contribution in [0.2, 0.25) is 0 Å². The molecule has 1 amide bonds. The van der Waals surface area contributed by atoms with E-state index in [-0.39, 0.29) is 18.6 Å². The monoisotopic (exact) mass is 225 g/mol. The number of benzene rings is 1. The van der Waals surface area contributed by atoms with E-state index < -0.39 is 0 Å². The van der Waals surface area contributed by atoms with E-state index in [1.54, 1.807) is 11.8 Å². The summed E-state index contributed by atoms with van der Waals surface area (Å²) < 4.78 is 0. The molecule has 0 saturated heterocycles. The largest absolute Gasteiger partial charge is 0.394 e. The molecule has 0 aliphatic carbocycles. The molecule has 1 aromatic rings. The minimum absolute atomic E-state index is 0.0851. The van der Waals surface area contributed by atoms with E-state index in [1.807, 2.05) is 30.5 Å². The van der Waals surface area contributed by atoms with Crippen molar-refractivity contribution in [2.24, 2.45) is 0 Å². The summed E-state index contributed by atoms with van der Waals surface area (Å²) >= 11 is 1.66. The summed E-state index contributed by atoms with van der Waals surface area (Å²) in [6, 6.07) is 7.48. The van der Waals surface area contributed by atoms with Crippen molar-refractivity contribution in [2.45, 2.75) is 17.9 Å². The number of amides is 1. The number of aliphatic hydroxyl groups excluding tert-OH is 1. The lowest BCUT2D eigenvalue weighted by molar-refractivity contribution is -0.120. The van der Waals surface area contributed by atoms with Crippen LogP contribution in [0.3, 0.4) is 0 Å². The zero-order valence-corrected chi connectivity index (χ0v) is 9.67. The van der Waals surface area contributed by atoms with Gasteiger partial charge in [0.05, 0.1) is 12.6 Å². The molecule has 1 atom stereocenters. The molecule has 0 fully saturated rings. The highest BCUT2D eigenvalue weighted by molar-refractivity contribution is 7.98. The second kappa shape index (κ2) is 5.78. The second-order valence-corrected chi connectivity index (χ2v) is 4.09. The fourth-order valence-electron chi connectivity index (χ4n) is 1.32. The van der Waals surface area contributed by atoms with E-state index in [2.05, 4.69) is 5.32 Å². The molecular weight excluding hydrogens is 210 g/mol. The van der Waals surface area contributed by atoms with Gasteiger partial charge in [-0.15, -0.1) is 11.8 Å². The molecule has 0 aromatic heterocycles. The van der Waals surface area contributed by atoms with Crippen molar-refractivity contribution in [3.63, 3.8) is 0 Å². The maximum absolute atomic E-state index is 10.9. The van der Waals surface area contributed by atoms with Crippen molar-refractivity contribution >= 4 is 17.7 Å². The van der Waals surface area contributed by atoms with E-state index in [1.165, 1.54) is 11.8 Å². The van der Waals surface area contributed by atoms with Gasteiger partial charge < -0.3 is 10.4 Å². The van der Waals surface area contributed by atoms with Gasteiger partial charge in [-0.1, -0.05) is 12.1 Å². The first-order valence-corrected chi connectivity index (χ1v) is 5.91. The van der Waals surface area contributed by atoms with Crippen LogP contribution in [0.5, 0.6) is 0 Å². The Bertz CT molecular complexity index is 324. The number of carbonyl (C=O) groups is 1. The van der Waals surface area contributed by atoms with Crippen LogP contribution in [-0.2, 0) is 4.79 Å². The fourth-order valence-corrected chi connectivity index (χ4v) is 1.72. The average molecular weight is 225 g/mol. The predicted octanol–water partition coefficient (Wildman–Crippen LogP) is 1.58. The molecule has 0 bridgehead atoms. The Hall–Kier alpha value is -1.00. The molecule has 0 spiro atoms. The summed E-state index contributed by atoms with van der Waals surface area (Å²) in [5.74, 6) is -0.136. The highest BCUT2D eigenvalue weighted by atomic mass is 32.2. The Kier molecular flexibility index (Phi) is 4.65. The second-order valence-electron chi connectivity index (χ2n) is 3.21. The highest BCUT2D eigenvalue weighted by Crippen LogP contribution is 2.18. The summed E-state index contributed by atoms with van der Waals surface area (Å²) in [5, 5.41) is 11.8. The van der Waals surface area contributed by atoms with Crippen LogP contribution in [-0.4, -0.2) is 23.9 Å². The molecule has 4 heteroatoms. The van der Waals surface area contributed by atoms with Gasteiger partial charge >= 0.3 is 0 Å². The van der Waals surface area contributed by atoms with E-state index in [4.69, 9.17) is 5.11 Å². The van der Waals surface area contributed by atoms with Gasteiger partial charge in [0, 0.05) is 11.8 Å². The predicted molar refractivity (Wildman–Crippen MR) is 61.9 cm³/mol. The van der Waals surface area contributed by atoms with E-state index in [9.17, 15) is 4.79 Å². The Morgan fingerprint density at radius 3 is 2.47 bits per heavy atom. The van der Waals surface area contributed by atoms with Crippen molar-refractivity contribution in [1.82, 2.24) is 5.32 Å². The van der Waals surface area contributed by atoms with E-state index >= 15 is 0 Å². The fraction of sp³-hybridized carbons (Fsp3) is 0.364. The Labute approximate surface area is 93.9 Å². The SMILES string of the molecule is CSc1ccc(C(CO)NC(C)=O)cc1. The summed E-state index contributed by atoms with van der Waals surface area (Å²) in [5.41, 5.74) is 0.922. The van der Waals surface area contributed by atoms with Crippen LogP contribution in [0.15, 0.2) is 29.2 Å². The molecule has 0 aliphatic rings. The third-order valence-electron chi connectivity index (χ3n) is 2.08. The van der Waals surface area contributed by atoms with Crippen LogP contribution >= 0.6 is 11.8 Å². The number of aliphatic hydroxyl groups is 1. The molecule has 15 heavy (non-hydrogen) atoms. The standard InChI is InChI=1S/C11H15NO2S/c1-8(14)12-11(7-13)9-3-5-10(15-2)6-4-9/h3-6,11,13H,7H2,1-2H3,(H,12,14). The third-order valence-corrected chi connectivity index (χ3v) is 2.82. The van der Waals surface area contributed by atoms with Crippen LogP contribution in [0.1, 0.15) is 18.5 Å². The Balaban J connectivity index is 2.78. The first-order chi connectivity index (χ1) is 7.17. The van der Waals surface area contributed by atoms with Crippen LogP contribution in [0, 0.1) is 0 Å². The molecule has 0 radical (unpaired) electrons. The van der Waals surface area contributed by atoms with Crippen LogP contribution in [0.25, 0.3) is 0 Å². The lowest BCUT2D eigenvalue weighted by Crippen LogP contribution is -2.28. The normalized spacial score (nSPS) is 12.2. The van der Waals surface area contributed by atoms with Crippen LogP contribution in [0.4, 0.5) is 0 Å². The quantitative estimate of drug-likeness (QED) is 0.765. The number of thioether (sulfide) groups is 1. The van der Waals surface area contributed by atoms with Gasteiger partial charge in [-0.2, -0.15) is 0 Å². The average Bonchev–Trinajstić information content (AvgIpc) is 2.26. The number of hydrogen-bond donors (Lipinski definition) is 2. The summed E-state index contributed by atoms with van der Waals surface area (Å²) in [4.78, 5) is 12.0. The molecule has 1 rings (SSSR count). The molecule has 0 saturated carbocycles. The maximum Gasteiger partial charge on any atom is 0.217 e. The molecule has 1 unspecified atom stereocenters. The number of carbonyl (C=O) groups excluding carboxylic acids is 1. The Morgan fingerprint density at radius 2 is 2.07 bits per heavy atom. The lowest BCUT2D eigenvalue weighted by atomic mass is 10.1. The number of nitrogens with one attached hydrogen (secondary N) is 1. The smallest absolute Gasteiger partial charge is 0.217 e. The minimum Gasteiger partial charge on any atom is -0.394 e. The summed E-state index contributed by atoms with van der Waals surface area (Å²) in [6.07, 6.45) is 2.01. The topological polar surface area (TPSA) is 49.3 Å². The van der Waals surface area contributed by atoms with Crippen molar-refractivity contribution in [3.8, 4) is 0 Å². The van der Waals surface area contributed by atoms with Crippen molar-refractivity contribution in [2.75, 3.05) is 12.9 Å². The molecule has 2 N–H and O–H groups in total. The van der Waals surface area contributed by atoms with Gasteiger partial charge in [0.15, 0.2) is 0 Å². The highest BCUT2D eigenvalue weighted by Gasteiger charge is 2.10. The molecule has 1 aromatic carbocycles. The molecule has 0 heterocycles. The van der Waals surface area contributed by atoms with Gasteiger partial charge in [-0.05, 0) is 24.0 Å². The Morgan fingerprint density at radius 1 is 1.47 bits per heavy atom. The van der Waals surface area contributed by atoms with Gasteiger partial charge in [0.2, 0.25) is 5.91 Å². The molecule has 0 aliphatic heterocycles. The zero-order valence-electron chi connectivity index (χ0n) is 8.86. The van der Waals surface area contributed by atoms with E-state index in [0.29, 0.717) is 0 Å². The lowest BCUT2D eigenvalue weighted by Gasteiger charge is -2.15. The molecular formula is C11H15NO2S. The van der Waals surface area contributed by atoms with Crippen LogP contribution < -0.4 is 5.32 Å². The van der Waals surface area contributed by atoms with Gasteiger partial charge in [0.25, 0.3) is 0 Å². The van der Waals surface area contributed by atoms with Gasteiger partial charge in [-0.3, -0.25) is 4.79 Å². The first-order valence-electron chi connectivity index (χ1n) is 4.69. The van der Waals surface area contributed by atoms with Crippen molar-refractivity contribution in [3.05, 3.63) is 29.8 Å². The van der Waals surface area contributed by atoms with Gasteiger partial charge in [0.1, 0.15) is 0 Å². The first kappa shape index (κ1) is 12.1. The number of hydrogen-bond acceptors (Lipinski definition) is 3. The summed E-state index contributed by atoms with van der Waals surface area (Å²) in [7, 11) is 0. The van der Waals surface area contributed by atoms with Gasteiger partial charge in [-0.25, -0.2) is 0 Å². The zero-order chi connectivity index (χ0) is 11.3. The third kappa shape index (κ3) is 3.57. The summed E-state index contributed by atoms with van der Waals surface area (Å²) in [6.45, 7) is 1.36. The molecule has 82 valence electrons. The van der Waals surface area contributed by atoms with Crippen molar-refractivity contribution in [1.29, 1.82) is 0 Å². The number of rotatable bonds is 4. The minimum atomic E-state index is -0.307. The van der Waals surface area contributed by atoms with E-state index in [0.717, 1.165) is 5.56 Å². The maximum atomic E-state index is 10.9. The van der Waals surface area contributed by atoms with Crippen molar-refractivity contribution < 1.29 is 9.90 Å². The molecule has 3 nitrogen and oxygen atoms in total.